The first-order valence-electron chi connectivity index (χ1n) is 2.91. The normalized spacial score (nSPS) is 17.8. The Morgan fingerprint density at radius 2 is 2.11 bits per heavy atom. The Morgan fingerprint density at radius 3 is 2.33 bits per heavy atom. The van der Waals surface area contributed by atoms with Crippen LogP contribution in [0, 0.1) is 0 Å². The minimum absolute atomic E-state index is 0.188. The van der Waals surface area contributed by atoms with Gasteiger partial charge in [0.05, 0.1) is 0 Å². The number of rotatable bonds is 1. The van der Waals surface area contributed by atoms with Gasteiger partial charge < -0.3 is 0 Å². The smallest absolute Gasteiger partial charge is 0.265 e. The van der Waals surface area contributed by atoms with Crippen molar-refractivity contribution in [2.24, 2.45) is 9.98 Å². The number of hydrogen-bond acceptors (Lipinski definition) is 2. The van der Waals surface area contributed by atoms with Crippen molar-refractivity contribution >= 4 is 17.5 Å². The summed E-state index contributed by atoms with van der Waals surface area (Å²) in [6.45, 7) is 3.60. The van der Waals surface area contributed by atoms with Crippen LogP contribution in [0.15, 0.2) is 9.98 Å². The molecule has 0 aromatic carbocycles. The summed E-state index contributed by atoms with van der Waals surface area (Å²) in [4.78, 5) is 18.2. The van der Waals surface area contributed by atoms with Gasteiger partial charge in [-0.25, -0.2) is 4.99 Å². The van der Waals surface area contributed by atoms with Gasteiger partial charge in [-0.2, -0.15) is 4.99 Å². The molecule has 0 saturated carbocycles. The molecule has 0 atom stereocenters. The molecule has 48 valence electrons. The van der Waals surface area contributed by atoms with Crippen LogP contribution in [-0.2, 0) is 4.79 Å². The van der Waals surface area contributed by atoms with Crippen molar-refractivity contribution in [1.82, 2.24) is 0 Å². The lowest BCUT2D eigenvalue weighted by Crippen LogP contribution is -1.99. The second-order valence-electron chi connectivity index (χ2n) is 1.88. The third kappa shape index (κ3) is 1.04. The first-order chi connectivity index (χ1) is 4.24. The van der Waals surface area contributed by atoms with E-state index < -0.39 is 0 Å². The fourth-order valence-electron chi connectivity index (χ4n) is 0.623. The minimum atomic E-state index is -0.188. The van der Waals surface area contributed by atoms with Gasteiger partial charge in [0, 0.05) is 6.42 Å². The van der Waals surface area contributed by atoms with E-state index in [4.69, 9.17) is 0 Å². The lowest BCUT2D eigenvalue weighted by atomic mass is 10.4. The van der Waals surface area contributed by atoms with Crippen LogP contribution < -0.4 is 0 Å². The molecule has 0 radical (unpaired) electrons. The lowest BCUT2D eigenvalue weighted by molar-refractivity contribution is -0.111. The van der Waals surface area contributed by atoms with Gasteiger partial charge in [-0.15, -0.1) is 0 Å². The van der Waals surface area contributed by atoms with Gasteiger partial charge in [0.15, 0.2) is 0 Å². The lowest BCUT2D eigenvalue weighted by Gasteiger charge is -1.81. The molecule has 0 bridgehead atoms. The van der Waals surface area contributed by atoms with E-state index in [1.165, 1.54) is 0 Å². The van der Waals surface area contributed by atoms with Crippen LogP contribution in [0.5, 0.6) is 0 Å². The molecule has 1 heterocycles. The summed E-state index contributed by atoms with van der Waals surface area (Å²) in [6.07, 6.45) is 0.739. The summed E-state index contributed by atoms with van der Waals surface area (Å²) in [7, 11) is 0. The van der Waals surface area contributed by atoms with Crippen molar-refractivity contribution in [3.63, 3.8) is 0 Å². The molecule has 9 heavy (non-hydrogen) atoms. The number of hydrogen-bond donors (Lipinski definition) is 0. The Bertz CT molecular complexity index is 203. The maximum absolute atomic E-state index is 10.6. The molecular weight excluding hydrogens is 116 g/mol. The van der Waals surface area contributed by atoms with Crippen molar-refractivity contribution in [1.29, 1.82) is 0 Å². The summed E-state index contributed by atoms with van der Waals surface area (Å²) < 4.78 is 0. The van der Waals surface area contributed by atoms with Crippen molar-refractivity contribution < 1.29 is 4.79 Å². The minimum Gasteiger partial charge on any atom is -0.265 e. The van der Waals surface area contributed by atoms with Crippen molar-refractivity contribution in [3.8, 4) is 0 Å². The molecule has 0 saturated heterocycles. The van der Waals surface area contributed by atoms with E-state index >= 15 is 0 Å². The van der Waals surface area contributed by atoms with E-state index in [-0.39, 0.29) is 5.91 Å². The zero-order valence-corrected chi connectivity index (χ0v) is 5.51. The van der Waals surface area contributed by atoms with Crippen LogP contribution in [0.2, 0.25) is 0 Å². The molecule has 0 aromatic rings. The molecule has 0 aliphatic carbocycles. The van der Waals surface area contributed by atoms with Gasteiger partial charge >= 0.3 is 0 Å². The molecular formula is C6H8N2O. The van der Waals surface area contributed by atoms with Gasteiger partial charge in [0.25, 0.3) is 5.91 Å². The van der Waals surface area contributed by atoms with E-state index in [1.807, 2.05) is 6.92 Å². The predicted octanol–water partition coefficient (Wildman–Crippen LogP) is 0.796. The molecule has 3 nitrogen and oxygen atoms in total. The number of carbonyl (C=O) groups excluding carboxylic acids is 1. The highest BCUT2D eigenvalue weighted by Crippen LogP contribution is 1.99. The Hall–Kier alpha value is -0.990. The molecule has 0 spiro atoms. The van der Waals surface area contributed by atoms with Crippen molar-refractivity contribution in [2.45, 2.75) is 20.3 Å². The molecule has 1 amide bonds. The molecule has 0 unspecified atom stereocenters. The molecule has 3 heteroatoms. The zero-order valence-electron chi connectivity index (χ0n) is 5.51. The Morgan fingerprint density at radius 1 is 1.44 bits per heavy atom. The number of nitrogens with zero attached hydrogens (tertiary/aromatic N) is 2. The average Bonchev–Trinajstić information content (AvgIpc) is 2.13. The molecule has 1 aliphatic rings. The Labute approximate surface area is 53.5 Å². The Kier molecular flexibility index (Phi) is 1.42. The Balaban J connectivity index is 2.83. The topological polar surface area (TPSA) is 41.8 Å². The van der Waals surface area contributed by atoms with E-state index in [9.17, 15) is 4.79 Å². The first-order valence-corrected chi connectivity index (χ1v) is 2.91. The fraction of sp³-hybridized carbons (Fsp3) is 0.500. The largest absolute Gasteiger partial charge is 0.292 e. The van der Waals surface area contributed by atoms with E-state index in [0.29, 0.717) is 11.5 Å². The quantitative estimate of drug-likeness (QED) is 0.509. The highest BCUT2D eigenvalue weighted by atomic mass is 16.1. The summed E-state index contributed by atoms with van der Waals surface area (Å²) in [5.74, 6) is 0.462. The number of amides is 1. The summed E-state index contributed by atoms with van der Waals surface area (Å²) in [5.41, 5.74) is 0.506. The third-order valence-electron chi connectivity index (χ3n) is 1.15. The third-order valence-corrected chi connectivity index (χ3v) is 1.15. The number of aliphatic imine (C=N–C) groups is 2. The highest BCUT2D eigenvalue weighted by molar-refractivity contribution is 6.44. The van der Waals surface area contributed by atoms with Crippen molar-refractivity contribution in [2.75, 3.05) is 0 Å². The summed E-state index contributed by atoms with van der Waals surface area (Å²) >= 11 is 0. The van der Waals surface area contributed by atoms with E-state index in [2.05, 4.69) is 9.98 Å². The summed E-state index contributed by atoms with van der Waals surface area (Å²) in [6, 6.07) is 0. The second-order valence-corrected chi connectivity index (χ2v) is 1.88. The monoisotopic (exact) mass is 124 g/mol. The number of amidine groups is 1. The molecule has 0 aromatic heterocycles. The van der Waals surface area contributed by atoms with Gasteiger partial charge in [0.1, 0.15) is 11.5 Å². The second kappa shape index (κ2) is 2.09. The standard InChI is InChI=1S/C6H8N2O/c1-3-5-7-4(2)6(9)8-5/h3H2,1-2H3. The van der Waals surface area contributed by atoms with Crippen LogP contribution in [-0.4, -0.2) is 17.5 Å². The maximum Gasteiger partial charge on any atom is 0.292 e. The molecule has 1 aliphatic heterocycles. The number of carbonyl (C=O) groups is 1. The van der Waals surface area contributed by atoms with E-state index in [0.717, 1.165) is 6.42 Å². The maximum atomic E-state index is 10.6. The zero-order chi connectivity index (χ0) is 6.85. The average molecular weight is 124 g/mol. The predicted molar refractivity (Wildman–Crippen MR) is 35.8 cm³/mol. The molecule has 0 fully saturated rings. The fourth-order valence-corrected chi connectivity index (χ4v) is 0.623. The van der Waals surface area contributed by atoms with Crippen LogP contribution in [0.1, 0.15) is 20.3 Å². The van der Waals surface area contributed by atoms with Crippen LogP contribution in [0.25, 0.3) is 0 Å². The van der Waals surface area contributed by atoms with E-state index in [1.54, 1.807) is 6.92 Å². The van der Waals surface area contributed by atoms with Crippen LogP contribution in [0.3, 0.4) is 0 Å². The molecule has 0 N–H and O–H groups in total. The van der Waals surface area contributed by atoms with Crippen LogP contribution >= 0.6 is 0 Å². The SMILES string of the molecule is CCC1=NC(=O)C(C)=N1. The van der Waals surface area contributed by atoms with Gasteiger partial charge in [-0.3, -0.25) is 4.79 Å². The van der Waals surface area contributed by atoms with Crippen molar-refractivity contribution in [3.05, 3.63) is 0 Å². The van der Waals surface area contributed by atoms with Gasteiger partial charge in [-0.05, 0) is 6.92 Å². The van der Waals surface area contributed by atoms with Gasteiger partial charge in [-0.1, -0.05) is 6.92 Å². The van der Waals surface area contributed by atoms with Crippen LogP contribution in [0.4, 0.5) is 0 Å². The van der Waals surface area contributed by atoms with Gasteiger partial charge in [0.2, 0.25) is 0 Å². The summed E-state index contributed by atoms with van der Waals surface area (Å²) in [5, 5.41) is 0. The molecule has 1 rings (SSSR count). The highest BCUT2D eigenvalue weighted by Gasteiger charge is 2.12. The first kappa shape index (κ1) is 6.13.